The summed E-state index contributed by atoms with van der Waals surface area (Å²) in [5, 5.41) is 2.70. The van der Waals surface area contributed by atoms with Crippen molar-refractivity contribution in [3.63, 3.8) is 0 Å². The van der Waals surface area contributed by atoms with Crippen LogP contribution < -0.4 is 4.72 Å². The van der Waals surface area contributed by atoms with Crippen molar-refractivity contribution in [2.45, 2.75) is 24.8 Å². The standard InChI is InChI=1S/C21H19N3O4S2/c1-14-23-16(13-29-14)12-22-30(27,28)17-8-6-15(7-9-17)10-11-24-20(25)18-4-2-3-5-19(18)21(24)26/h2-9,13,22H,10-12H2,1H3. The third kappa shape index (κ3) is 4.04. The number of benzene rings is 2. The summed E-state index contributed by atoms with van der Waals surface area (Å²) < 4.78 is 27.5. The van der Waals surface area contributed by atoms with Crippen molar-refractivity contribution in [3.8, 4) is 0 Å². The van der Waals surface area contributed by atoms with Crippen LogP contribution in [0.3, 0.4) is 0 Å². The molecule has 0 bridgehead atoms. The summed E-state index contributed by atoms with van der Waals surface area (Å²) in [6.45, 7) is 2.23. The molecule has 0 aliphatic carbocycles. The molecule has 1 aliphatic heterocycles. The van der Waals surface area contributed by atoms with Gasteiger partial charge in [-0.2, -0.15) is 0 Å². The Kier molecular flexibility index (Phi) is 5.50. The molecule has 4 rings (SSSR count). The van der Waals surface area contributed by atoms with Gasteiger partial charge in [-0.3, -0.25) is 14.5 Å². The van der Waals surface area contributed by atoms with Gasteiger partial charge in [0.1, 0.15) is 0 Å². The predicted octanol–water partition coefficient (Wildman–Crippen LogP) is 2.77. The van der Waals surface area contributed by atoms with Crippen molar-refractivity contribution >= 4 is 33.2 Å². The molecular formula is C21H19N3O4S2. The predicted molar refractivity (Wildman–Crippen MR) is 113 cm³/mol. The lowest BCUT2D eigenvalue weighted by atomic mass is 10.1. The second kappa shape index (κ2) is 8.10. The summed E-state index contributed by atoms with van der Waals surface area (Å²) in [5.41, 5.74) is 2.36. The topological polar surface area (TPSA) is 96.4 Å². The Bertz CT molecular complexity index is 1180. The van der Waals surface area contributed by atoms with Gasteiger partial charge in [-0.05, 0) is 43.2 Å². The summed E-state index contributed by atoms with van der Waals surface area (Å²) in [6.07, 6.45) is 0.442. The first-order valence-electron chi connectivity index (χ1n) is 9.30. The first-order valence-corrected chi connectivity index (χ1v) is 11.7. The Hall–Kier alpha value is -2.88. The van der Waals surface area contributed by atoms with Gasteiger partial charge < -0.3 is 0 Å². The van der Waals surface area contributed by atoms with E-state index in [1.165, 1.54) is 28.4 Å². The van der Waals surface area contributed by atoms with Gasteiger partial charge in [-0.1, -0.05) is 24.3 Å². The summed E-state index contributed by atoms with van der Waals surface area (Å²) in [5.74, 6) is -0.590. The minimum absolute atomic E-state index is 0.133. The molecule has 2 heterocycles. The first kappa shape index (κ1) is 20.4. The maximum atomic E-state index is 12.5. The van der Waals surface area contributed by atoms with Gasteiger partial charge in [0.05, 0.1) is 33.3 Å². The minimum atomic E-state index is -3.65. The Morgan fingerprint density at radius 2 is 1.63 bits per heavy atom. The monoisotopic (exact) mass is 441 g/mol. The van der Waals surface area contributed by atoms with E-state index in [-0.39, 0.29) is 29.8 Å². The zero-order valence-corrected chi connectivity index (χ0v) is 17.8. The molecule has 1 aliphatic rings. The van der Waals surface area contributed by atoms with E-state index in [9.17, 15) is 18.0 Å². The third-order valence-corrected chi connectivity index (χ3v) is 7.09. The molecule has 9 heteroatoms. The fraction of sp³-hybridized carbons (Fsp3) is 0.190. The van der Waals surface area contributed by atoms with Crippen LogP contribution in [-0.4, -0.2) is 36.7 Å². The maximum Gasteiger partial charge on any atom is 0.261 e. The number of nitrogens with one attached hydrogen (secondary N) is 1. The molecule has 0 fully saturated rings. The van der Waals surface area contributed by atoms with Crippen molar-refractivity contribution in [1.82, 2.24) is 14.6 Å². The average molecular weight is 442 g/mol. The number of nitrogens with zero attached hydrogens (tertiary/aromatic N) is 2. The Morgan fingerprint density at radius 1 is 1.00 bits per heavy atom. The number of fused-ring (bicyclic) bond motifs is 1. The van der Waals surface area contributed by atoms with E-state index in [0.717, 1.165) is 10.6 Å². The number of hydrogen-bond donors (Lipinski definition) is 1. The quantitative estimate of drug-likeness (QED) is 0.569. The smallest absolute Gasteiger partial charge is 0.261 e. The lowest BCUT2D eigenvalue weighted by Crippen LogP contribution is -2.31. The molecule has 7 nitrogen and oxygen atoms in total. The second-order valence-electron chi connectivity index (χ2n) is 6.88. The number of aryl methyl sites for hydroxylation is 1. The zero-order chi connectivity index (χ0) is 21.3. The SMILES string of the molecule is Cc1nc(CNS(=O)(=O)c2ccc(CCN3C(=O)c4ccccc4C3=O)cc2)cs1. The number of carbonyl (C=O) groups is 2. The van der Waals surface area contributed by atoms with Crippen molar-refractivity contribution in [2.24, 2.45) is 0 Å². The van der Waals surface area contributed by atoms with Crippen LogP contribution in [0.25, 0.3) is 0 Å². The van der Waals surface area contributed by atoms with E-state index in [0.29, 0.717) is 23.2 Å². The molecule has 2 aromatic carbocycles. The fourth-order valence-electron chi connectivity index (χ4n) is 3.26. The number of amides is 2. The second-order valence-corrected chi connectivity index (χ2v) is 9.71. The van der Waals surface area contributed by atoms with E-state index in [1.54, 1.807) is 36.4 Å². The number of aromatic nitrogens is 1. The normalized spacial score (nSPS) is 13.7. The number of sulfonamides is 1. The summed E-state index contributed by atoms with van der Waals surface area (Å²) in [7, 11) is -3.65. The summed E-state index contributed by atoms with van der Waals surface area (Å²) in [6, 6.07) is 13.2. The van der Waals surface area contributed by atoms with Gasteiger partial charge in [0.25, 0.3) is 11.8 Å². The molecule has 0 spiro atoms. The minimum Gasteiger partial charge on any atom is -0.274 e. The summed E-state index contributed by atoms with van der Waals surface area (Å²) >= 11 is 1.47. The van der Waals surface area contributed by atoms with Gasteiger partial charge in [0, 0.05) is 11.9 Å². The number of thiazole rings is 1. The first-order chi connectivity index (χ1) is 14.3. The van der Waals surface area contributed by atoms with Gasteiger partial charge in [0.15, 0.2) is 0 Å². The van der Waals surface area contributed by atoms with Crippen LogP contribution in [0.15, 0.2) is 58.8 Å². The summed E-state index contributed by atoms with van der Waals surface area (Å²) in [4.78, 5) is 30.5. The molecule has 0 saturated carbocycles. The third-order valence-electron chi connectivity index (χ3n) is 4.85. The molecule has 0 radical (unpaired) electrons. The number of hydrogen-bond acceptors (Lipinski definition) is 6. The molecule has 1 aromatic heterocycles. The van der Waals surface area contributed by atoms with Gasteiger partial charge in [-0.25, -0.2) is 18.1 Å². The molecular weight excluding hydrogens is 422 g/mol. The number of imide groups is 1. The van der Waals surface area contributed by atoms with Gasteiger partial charge >= 0.3 is 0 Å². The number of carbonyl (C=O) groups excluding carboxylic acids is 2. The van der Waals surface area contributed by atoms with Crippen LogP contribution in [0.2, 0.25) is 0 Å². The van der Waals surface area contributed by atoms with Crippen molar-refractivity contribution < 1.29 is 18.0 Å². The highest BCUT2D eigenvalue weighted by molar-refractivity contribution is 7.89. The highest BCUT2D eigenvalue weighted by atomic mass is 32.2. The molecule has 154 valence electrons. The largest absolute Gasteiger partial charge is 0.274 e. The molecule has 0 saturated heterocycles. The van der Waals surface area contributed by atoms with E-state index >= 15 is 0 Å². The van der Waals surface area contributed by atoms with Gasteiger partial charge in [0.2, 0.25) is 10.0 Å². The fourth-order valence-corrected chi connectivity index (χ4v) is 4.87. The molecule has 1 N–H and O–H groups in total. The maximum absolute atomic E-state index is 12.5. The lowest BCUT2D eigenvalue weighted by molar-refractivity contribution is 0.0656. The molecule has 0 atom stereocenters. The highest BCUT2D eigenvalue weighted by Crippen LogP contribution is 2.23. The highest BCUT2D eigenvalue weighted by Gasteiger charge is 2.34. The van der Waals surface area contributed by atoms with Crippen LogP contribution >= 0.6 is 11.3 Å². The molecule has 3 aromatic rings. The van der Waals surface area contributed by atoms with Crippen LogP contribution in [0, 0.1) is 6.92 Å². The molecule has 0 unspecified atom stereocenters. The Morgan fingerprint density at radius 3 is 2.20 bits per heavy atom. The Labute approximate surface area is 178 Å². The van der Waals surface area contributed by atoms with E-state index in [1.807, 2.05) is 12.3 Å². The van der Waals surface area contributed by atoms with Crippen LogP contribution in [0.5, 0.6) is 0 Å². The van der Waals surface area contributed by atoms with E-state index in [2.05, 4.69) is 9.71 Å². The Balaban J connectivity index is 1.38. The van der Waals surface area contributed by atoms with Gasteiger partial charge in [-0.15, -0.1) is 11.3 Å². The van der Waals surface area contributed by atoms with Crippen molar-refractivity contribution in [2.75, 3.05) is 6.54 Å². The zero-order valence-electron chi connectivity index (χ0n) is 16.2. The molecule has 30 heavy (non-hydrogen) atoms. The molecule has 2 amide bonds. The average Bonchev–Trinajstić information content (AvgIpc) is 3.27. The van der Waals surface area contributed by atoms with Crippen LogP contribution in [0.4, 0.5) is 0 Å². The van der Waals surface area contributed by atoms with E-state index < -0.39 is 10.0 Å². The number of rotatable bonds is 7. The van der Waals surface area contributed by atoms with Crippen molar-refractivity contribution in [1.29, 1.82) is 0 Å². The van der Waals surface area contributed by atoms with E-state index in [4.69, 9.17) is 0 Å². The van der Waals surface area contributed by atoms with Crippen LogP contribution in [-0.2, 0) is 23.0 Å². The lowest BCUT2D eigenvalue weighted by Gasteiger charge is -2.14. The van der Waals surface area contributed by atoms with Crippen LogP contribution in [0.1, 0.15) is 37.0 Å². The van der Waals surface area contributed by atoms with Crippen molar-refractivity contribution in [3.05, 3.63) is 81.3 Å².